The lowest BCUT2D eigenvalue weighted by atomic mass is 10.3. The fourth-order valence-corrected chi connectivity index (χ4v) is 3.62. The van der Waals surface area contributed by atoms with Crippen molar-refractivity contribution in [3.63, 3.8) is 0 Å². The van der Waals surface area contributed by atoms with Crippen molar-refractivity contribution in [2.45, 2.75) is 39.0 Å². The summed E-state index contributed by atoms with van der Waals surface area (Å²) in [4.78, 5) is 0.860. The standard InChI is InChI=1S/C15H21O2PS2.C2H6/c1-3-6-13(4-2)17-14-7-9-15(10-8-14)20(16)12-5-11-19-18;1-2/h3-4,6-10H,5,11-12,18H2,1-2H3;1-2H3/b6-3-,13-4+;. The van der Waals surface area contributed by atoms with E-state index in [0.29, 0.717) is 5.75 Å². The molecule has 0 fully saturated rings. The van der Waals surface area contributed by atoms with Crippen molar-refractivity contribution >= 4 is 30.6 Å². The molecule has 0 aliphatic rings. The van der Waals surface area contributed by atoms with Crippen LogP contribution in [0.5, 0.6) is 5.75 Å². The van der Waals surface area contributed by atoms with Crippen LogP contribution in [0.25, 0.3) is 0 Å². The molecule has 2 unspecified atom stereocenters. The number of benzene rings is 1. The van der Waals surface area contributed by atoms with E-state index in [2.05, 4.69) is 8.44 Å². The van der Waals surface area contributed by atoms with Gasteiger partial charge in [-0.3, -0.25) is 4.21 Å². The first-order valence-electron chi connectivity index (χ1n) is 7.48. The lowest BCUT2D eigenvalue weighted by Gasteiger charge is -2.07. The Labute approximate surface area is 144 Å². The molecule has 0 aromatic heterocycles. The van der Waals surface area contributed by atoms with Crippen LogP contribution in [0.1, 0.15) is 34.1 Å². The Morgan fingerprint density at radius 2 is 1.91 bits per heavy atom. The van der Waals surface area contributed by atoms with Gasteiger partial charge in [-0.2, -0.15) is 0 Å². The minimum Gasteiger partial charge on any atom is -0.458 e. The zero-order valence-electron chi connectivity index (χ0n) is 13.9. The van der Waals surface area contributed by atoms with Crippen LogP contribution in [0, 0.1) is 0 Å². The average molecular weight is 359 g/mol. The van der Waals surface area contributed by atoms with Crippen LogP contribution in [0.3, 0.4) is 0 Å². The molecule has 1 rings (SSSR count). The molecule has 0 radical (unpaired) electrons. The SMILES string of the molecule is C/C=C\C(=C/C)Oc1ccc(S(=O)CCCSP)cc1.CC. The molecule has 0 heterocycles. The third-order valence-corrected chi connectivity index (χ3v) is 5.22. The summed E-state index contributed by atoms with van der Waals surface area (Å²) < 4.78 is 17.7. The maximum absolute atomic E-state index is 12.0. The van der Waals surface area contributed by atoms with Gasteiger partial charge in [0.15, 0.2) is 0 Å². The molecule has 0 N–H and O–H groups in total. The minimum absolute atomic E-state index is 0.709. The predicted octanol–water partition coefficient (Wildman–Crippen LogP) is 5.59. The van der Waals surface area contributed by atoms with Gasteiger partial charge in [0.1, 0.15) is 11.5 Å². The number of hydrogen-bond acceptors (Lipinski definition) is 3. The van der Waals surface area contributed by atoms with Crippen molar-refractivity contribution in [2.24, 2.45) is 0 Å². The van der Waals surface area contributed by atoms with Crippen molar-refractivity contribution in [3.8, 4) is 5.75 Å². The molecule has 1 aromatic rings. The van der Waals surface area contributed by atoms with E-state index in [-0.39, 0.29) is 0 Å². The third-order valence-electron chi connectivity index (χ3n) is 2.53. The van der Waals surface area contributed by atoms with Gasteiger partial charge >= 0.3 is 0 Å². The van der Waals surface area contributed by atoms with Crippen molar-refractivity contribution in [1.29, 1.82) is 0 Å². The van der Waals surface area contributed by atoms with Gasteiger partial charge in [0.05, 0.1) is 10.8 Å². The zero-order chi connectivity index (χ0) is 16.8. The molecule has 0 spiro atoms. The first-order valence-corrected chi connectivity index (χ1v) is 11.3. The van der Waals surface area contributed by atoms with Crippen LogP contribution in [-0.4, -0.2) is 15.7 Å². The Hall–Kier alpha value is -0.570. The van der Waals surface area contributed by atoms with Crippen LogP contribution in [0.15, 0.2) is 53.1 Å². The third kappa shape index (κ3) is 8.77. The number of allylic oxidation sites excluding steroid dienone is 3. The number of ether oxygens (including phenoxy) is 1. The van der Waals surface area contributed by atoms with Gasteiger partial charge in [0.2, 0.25) is 0 Å². The largest absolute Gasteiger partial charge is 0.458 e. The highest BCUT2D eigenvalue weighted by Gasteiger charge is 2.04. The van der Waals surface area contributed by atoms with Gasteiger partial charge in [-0.25, -0.2) is 0 Å². The number of rotatable bonds is 8. The summed E-state index contributed by atoms with van der Waals surface area (Å²) in [6.45, 7) is 7.88. The lowest BCUT2D eigenvalue weighted by Crippen LogP contribution is -1.99. The Morgan fingerprint density at radius 3 is 2.41 bits per heavy atom. The Balaban J connectivity index is 0.00000211. The van der Waals surface area contributed by atoms with Crippen LogP contribution in [-0.2, 0) is 10.8 Å². The second kappa shape index (κ2) is 14.0. The van der Waals surface area contributed by atoms with Gasteiger partial charge in [-0.1, -0.05) is 28.4 Å². The van der Waals surface area contributed by atoms with Crippen molar-refractivity contribution < 1.29 is 8.95 Å². The summed E-state index contributed by atoms with van der Waals surface area (Å²) in [5.41, 5.74) is 0. The van der Waals surface area contributed by atoms with E-state index in [0.717, 1.165) is 28.6 Å². The molecule has 0 aliphatic heterocycles. The Kier molecular flexibility index (Phi) is 13.7. The number of hydrogen-bond donors (Lipinski definition) is 0. The summed E-state index contributed by atoms with van der Waals surface area (Å²) >= 11 is 1.70. The molecular formula is C17H27O2PS2. The maximum Gasteiger partial charge on any atom is 0.127 e. The maximum atomic E-state index is 12.0. The van der Waals surface area contributed by atoms with Crippen molar-refractivity contribution in [1.82, 2.24) is 0 Å². The topological polar surface area (TPSA) is 26.3 Å². The van der Waals surface area contributed by atoms with Crippen LogP contribution in [0.4, 0.5) is 0 Å². The second-order valence-electron chi connectivity index (χ2n) is 4.04. The molecule has 124 valence electrons. The molecule has 0 saturated carbocycles. The summed E-state index contributed by atoms with van der Waals surface area (Å²) in [7, 11) is 1.70. The summed E-state index contributed by atoms with van der Waals surface area (Å²) in [6, 6.07) is 7.49. The smallest absolute Gasteiger partial charge is 0.127 e. The highest BCUT2D eigenvalue weighted by atomic mass is 32.7. The van der Waals surface area contributed by atoms with E-state index < -0.39 is 10.8 Å². The predicted molar refractivity (Wildman–Crippen MR) is 105 cm³/mol. The Bertz CT molecular complexity index is 482. The molecular weight excluding hydrogens is 331 g/mol. The van der Waals surface area contributed by atoms with Crippen molar-refractivity contribution in [3.05, 3.63) is 48.3 Å². The fourth-order valence-electron chi connectivity index (χ4n) is 1.54. The summed E-state index contributed by atoms with van der Waals surface area (Å²) in [5.74, 6) is 3.29. The highest BCUT2D eigenvalue weighted by molar-refractivity contribution is 8.43. The lowest BCUT2D eigenvalue weighted by molar-refractivity contribution is 0.443. The molecule has 5 heteroatoms. The molecule has 2 atom stereocenters. The van der Waals surface area contributed by atoms with E-state index in [1.54, 1.807) is 11.4 Å². The van der Waals surface area contributed by atoms with Gasteiger partial charge < -0.3 is 4.74 Å². The van der Waals surface area contributed by atoms with E-state index >= 15 is 0 Å². The van der Waals surface area contributed by atoms with Crippen LogP contribution in [0.2, 0.25) is 0 Å². The van der Waals surface area contributed by atoms with Crippen LogP contribution >= 0.6 is 19.8 Å². The molecule has 0 bridgehead atoms. The molecule has 22 heavy (non-hydrogen) atoms. The van der Waals surface area contributed by atoms with Gasteiger partial charge in [0, 0.05) is 10.6 Å². The average Bonchev–Trinajstić information content (AvgIpc) is 2.57. The monoisotopic (exact) mass is 358 g/mol. The molecule has 0 saturated heterocycles. The van der Waals surface area contributed by atoms with E-state index in [1.165, 1.54) is 0 Å². The first-order chi connectivity index (χ1) is 10.7. The highest BCUT2D eigenvalue weighted by Crippen LogP contribution is 2.19. The zero-order valence-corrected chi connectivity index (χ0v) is 16.7. The van der Waals surface area contributed by atoms with E-state index in [1.807, 2.05) is 70.2 Å². The second-order valence-corrected chi connectivity index (χ2v) is 7.35. The van der Waals surface area contributed by atoms with Gasteiger partial charge in [-0.15, -0.1) is 11.4 Å². The Morgan fingerprint density at radius 1 is 1.27 bits per heavy atom. The molecule has 0 amide bonds. The van der Waals surface area contributed by atoms with Gasteiger partial charge in [0.25, 0.3) is 0 Å². The molecule has 1 aromatic carbocycles. The summed E-state index contributed by atoms with van der Waals surface area (Å²) in [5, 5.41) is 0. The van der Waals surface area contributed by atoms with Crippen molar-refractivity contribution in [2.75, 3.05) is 11.5 Å². The minimum atomic E-state index is -0.918. The molecule has 0 aliphatic carbocycles. The fraction of sp³-hybridized carbons (Fsp3) is 0.412. The van der Waals surface area contributed by atoms with E-state index in [4.69, 9.17) is 4.74 Å². The van der Waals surface area contributed by atoms with E-state index in [9.17, 15) is 4.21 Å². The molecule has 2 nitrogen and oxygen atoms in total. The van der Waals surface area contributed by atoms with Gasteiger partial charge in [-0.05, 0) is 62.4 Å². The normalized spacial score (nSPS) is 12.7. The first kappa shape index (κ1) is 21.4. The quantitative estimate of drug-likeness (QED) is 0.262. The summed E-state index contributed by atoms with van der Waals surface area (Å²) in [6.07, 6.45) is 6.71. The van der Waals surface area contributed by atoms with Crippen LogP contribution < -0.4 is 4.74 Å².